The van der Waals surface area contributed by atoms with Crippen LogP contribution in [0.5, 0.6) is 0 Å². The first-order valence-electron chi connectivity index (χ1n) is 9.08. The van der Waals surface area contributed by atoms with Gasteiger partial charge in [-0.3, -0.25) is 4.90 Å². The van der Waals surface area contributed by atoms with E-state index in [9.17, 15) is 0 Å². The molecule has 1 unspecified atom stereocenters. The summed E-state index contributed by atoms with van der Waals surface area (Å²) < 4.78 is 0. The third-order valence-corrected chi connectivity index (χ3v) is 4.60. The third kappa shape index (κ3) is 4.94. The zero-order chi connectivity index (χ0) is 16.7. The molecule has 0 aliphatic carbocycles. The molecule has 0 aromatic heterocycles. The van der Waals surface area contributed by atoms with Crippen molar-refractivity contribution in [2.24, 2.45) is 0 Å². The van der Waals surface area contributed by atoms with Crippen LogP contribution in [0.1, 0.15) is 62.6 Å². The lowest BCUT2D eigenvalue weighted by molar-refractivity contribution is 0.327. The van der Waals surface area contributed by atoms with Gasteiger partial charge in [-0.25, -0.2) is 0 Å². The molecule has 1 fully saturated rings. The van der Waals surface area contributed by atoms with Crippen LogP contribution in [0.3, 0.4) is 0 Å². The Bertz CT molecular complexity index is 556. The molecule has 1 saturated heterocycles. The smallest absolute Gasteiger partial charge is 0.0233 e. The molecule has 23 heavy (non-hydrogen) atoms. The summed E-state index contributed by atoms with van der Waals surface area (Å²) in [7, 11) is 0. The molecule has 1 heteroatoms. The summed E-state index contributed by atoms with van der Waals surface area (Å²) in [5.41, 5.74) is 4.38. The lowest BCUT2D eigenvalue weighted by atomic mass is 9.95. The van der Waals surface area contributed by atoms with Gasteiger partial charge in [0, 0.05) is 13.1 Å². The van der Waals surface area contributed by atoms with Crippen molar-refractivity contribution >= 4 is 0 Å². The van der Waals surface area contributed by atoms with Gasteiger partial charge in [0.2, 0.25) is 0 Å². The summed E-state index contributed by atoms with van der Waals surface area (Å²) in [4.78, 5) is 2.58. The highest BCUT2D eigenvalue weighted by molar-refractivity contribution is 5.28. The number of nitrogens with zero attached hydrogens (tertiary/aromatic N) is 1. The minimum atomic E-state index is 0.622. The molecule has 0 radical (unpaired) electrons. The molecule has 1 aliphatic heterocycles. The second kappa shape index (κ2) is 8.88. The van der Waals surface area contributed by atoms with E-state index >= 15 is 0 Å². The van der Waals surface area contributed by atoms with Gasteiger partial charge in [-0.2, -0.15) is 0 Å². The third-order valence-electron chi connectivity index (χ3n) is 4.60. The SMILES string of the molecule is CC.CC(C)c1ccc(C2CCN(Cc3ccccc3)C2)cc1. The normalized spacial score (nSPS) is 17.9. The van der Waals surface area contributed by atoms with Gasteiger partial charge in [-0.05, 0) is 41.5 Å². The van der Waals surface area contributed by atoms with Crippen molar-refractivity contribution < 1.29 is 0 Å². The van der Waals surface area contributed by atoms with Crippen LogP contribution in [0.15, 0.2) is 54.6 Å². The van der Waals surface area contributed by atoms with Crippen LogP contribution in [0.2, 0.25) is 0 Å². The summed E-state index contributed by atoms with van der Waals surface area (Å²) in [6.45, 7) is 12.0. The first-order valence-corrected chi connectivity index (χ1v) is 9.08. The number of hydrogen-bond donors (Lipinski definition) is 0. The number of rotatable bonds is 4. The van der Waals surface area contributed by atoms with E-state index in [1.165, 1.54) is 36.2 Å². The van der Waals surface area contributed by atoms with Gasteiger partial charge in [-0.15, -0.1) is 0 Å². The fraction of sp³-hybridized carbons (Fsp3) is 0.455. The number of hydrogen-bond acceptors (Lipinski definition) is 1. The van der Waals surface area contributed by atoms with Gasteiger partial charge in [0.25, 0.3) is 0 Å². The fourth-order valence-electron chi connectivity index (χ4n) is 3.24. The van der Waals surface area contributed by atoms with Crippen molar-refractivity contribution in [1.29, 1.82) is 0 Å². The van der Waals surface area contributed by atoms with Crippen molar-refractivity contribution in [3.63, 3.8) is 0 Å². The molecule has 0 bridgehead atoms. The number of benzene rings is 2. The van der Waals surface area contributed by atoms with E-state index in [-0.39, 0.29) is 0 Å². The molecule has 1 nitrogen and oxygen atoms in total. The second-order valence-corrected chi connectivity index (χ2v) is 6.53. The molecule has 0 saturated carbocycles. The minimum absolute atomic E-state index is 0.622. The van der Waals surface area contributed by atoms with E-state index in [0.29, 0.717) is 11.8 Å². The van der Waals surface area contributed by atoms with E-state index in [0.717, 1.165) is 6.54 Å². The maximum absolute atomic E-state index is 2.58. The highest BCUT2D eigenvalue weighted by Crippen LogP contribution is 2.29. The van der Waals surface area contributed by atoms with Crippen LogP contribution in [-0.2, 0) is 6.54 Å². The molecule has 1 aliphatic rings. The average molecular weight is 309 g/mol. The van der Waals surface area contributed by atoms with E-state index in [1.54, 1.807) is 0 Å². The minimum Gasteiger partial charge on any atom is -0.298 e. The highest BCUT2D eigenvalue weighted by Gasteiger charge is 2.23. The van der Waals surface area contributed by atoms with Gasteiger partial charge in [0.05, 0.1) is 0 Å². The van der Waals surface area contributed by atoms with Crippen LogP contribution in [0.25, 0.3) is 0 Å². The van der Waals surface area contributed by atoms with Crippen molar-refractivity contribution in [2.45, 2.75) is 52.5 Å². The van der Waals surface area contributed by atoms with Crippen LogP contribution < -0.4 is 0 Å². The molecule has 124 valence electrons. The highest BCUT2D eigenvalue weighted by atomic mass is 15.1. The predicted molar refractivity (Wildman–Crippen MR) is 101 cm³/mol. The summed E-state index contributed by atoms with van der Waals surface area (Å²) in [5, 5.41) is 0. The molecule has 1 atom stereocenters. The first-order chi connectivity index (χ1) is 11.2. The molecule has 1 heterocycles. The fourth-order valence-corrected chi connectivity index (χ4v) is 3.24. The molecule has 0 spiro atoms. The van der Waals surface area contributed by atoms with Gasteiger partial charge < -0.3 is 0 Å². The Balaban J connectivity index is 0.000000924. The van der Waals surface area contributed by atoms with Crippen molar-refractivity contribution in [2.75, 3.05) is 13.1 Å². The molecular weight excluding hydrogens is 278 g/mol. The van der Waals surface area contributed by atoms with E-state index in [2.05, 4.69) is 73.3 Å². The van der Waals surface area contributed by atoms with E-state index in [4.69, 9.17) is 0 Å². The maximum Gasteiger partial charge on any atom is 0.0233 e. The molecule has 2 aromatic rings. The van der Waals surface area contributed by atoms with Crippen LogP contribution in [-0.4, -0.2) is 18.0 Å². The monoisotopic (exact) mass is 309 g/mol. The van der Waals surface area contributed by atoms with Crippen LogP contribution in [0.4, 0.5) is 0 Å². The summed E-state index contributed by atoms with van der Waals surface area (Å²) in [6, 6.07) is 20.1. The first kappa shape index (κ1) is 17.7. The van der Waals surface area contributed by atoms with Gasteiger partial charge in [-0.1, -0.05) is 82.3 Å². The topological polar surface area (TPSA) is 3.24 Å². The molecule has 0 N–H and O–H groups in total. The average Bonchev–Trinajstić information content (AvgIpc) is 3.06. The zero-order valence-corrected chi connectivity index (χ0v) is 15.1. The van der Waals surface area contributed by atoms with Crippen LogP contribution >= 0.6 is 0 Å². The second-order valence-electron chi connectivity index (χ2n) is 6.53. The molecule has 2 aromatic carbocycles. The predicted octanol–water partition coefficient (Wildman–Crippen LogP) is 5.83. The number of likely N-dealkylation sites (tertiary alicyclic amines) is 1. The quantitative estimate of drug-likeness (QED) is 0.687. The van der Waals surface area contributed by atoms with E-state index < -0.39 is 0 Å². The largest absolute Gasteiger partial charge is 0.298 e. The van der Waals surface area contributed by atoms with Crippen molar-refractivity contribution in [3.05, 3.63) is 71.3 Å². The van der Waals surface area contributed by atoms with Crippen LogP contribution in [0, 0.1) is 0 Å². The zero-order valence-electron chi connectivity index (χ0n) is 15.1. The maximum atomic E-state index is 2.58. The Morgan fingerprint density at radius 3 is 2.22 bits per heavy atom. The van der Waals surface area contributed by atoms with Gasteiger partial charge in [0.15, 0.2) is 0 Å². The van der Waals surface area contributed by atoms with Crippen molar-refractivity contribution in [1.82, 2.24) is 4.90 Å². The van der Waals surface area contributed by atoms with E-state index in [1.807, 2.05) is 13.8 Å². The van der Waals surface area contributed by atoms with Gasteiger partial charge in [0.1, 0.15) is 0 Å². The molecular formula is C22H31N. The van der Waals surface area contributed by atoms with Gasteiger partial charge >= 0.3 is 0 Å². The van der Waals surface area contributed by atoms with Crippen molar-refractivity contribution in [3.8, 4) is 0 Å². The Kier molecular flexibility index (Phi) is 6.85. The molecule has 0 amide bonds. The summed E-state index contributed by atoms with van der Waals surface area (Å²) in [5.74, 6) is 1.33. The lowest BCUT2D eigenvalue weighted by Crippen LogP contribution is -2.19. The summed E-state index contributed by atoms with van der Waals surface area (Å²) in [6.07, 6.45) is 1.29. The lowest BCUT2D eigenvalue weighted by Gasteiger charge is -2.16. The molecule has 3 rings (SSSR count). The Labute approximate surface area is 142 Å². The summed E-state index contributed by atoms with van der Waals surface area (Å²) >= 11 is 0. The Hall–Kier alpha value is -1.60. The standard InChI is InChI=1S/C20H25N.C2H6/c1-16(2)18-8-10-19(11-9-18)20-12-13-21(15-20)14-17-6-4-3-5-7-17;1-2/h3-11,16,20H,12-15H2,1-2H3;1-2H3. The Morgan fingerprint density at radius 1 is 0.957 bits per heavy atom. The Morgan fingerprint density at radius 2 is 1.61 bits per heavy atom.